The Morgan fingerprint density at radius 2 is 2.28 bits per heavy atom. The standard InChI is InChI=1S/C12H14BrNO3S/c13-10-4-3-9(18-10)7-11(15)14-5-1-2-8(14)6-12(16)17/h3-4,8H,1-2,5-7H2,(H,16,17). The van der Waals surface area contributed by atoms with Crippen LogP contribution in [0, 0.1) is 0 Å². The highest BCUT2D eigenvalue weighted by Crippen LogP contribution is 2.25. The Labute approximate surface area is 118 Å². The minimum Gasteiger partial charge on any atom is -0.481 e. The van der Waals surface area contributed by atoms with Crippen LogP contribution in [-0.2, 0) is 16.0 Å². The molecule has 98 valence electrons. The minimum absolute atomic E-state index is 0.0353. The molecule has 1 fully saturated rings. The van der Waals surface area contributed by atoms with E-state index in [0.717, 1.165) is 21.5 Å². The molecule has 0 radical (unpaired) electrons. The van der Waals surface area contributed by atoms with E-state index in [2.05, 4.69) is 15.9 Å². The summed E-state index contributed by atoms with van der Waals surface area (Å²) in [7, 11) is 0. The van der Waals surface area contributed by atoms with Crippen molar-refractivity contribution in [2.24, 2.45) is 0 Å². The van der Waals surface area contributed by atoms with Crippen LogP contribution in [0.1, 0.15) is 24.1 Å². The molecule has 1 aliphatic heterocycles. The Morgan fingerprint density at radius 3 is 2.89 bits per heavy atom. The molecule has 0 spiro atoms. The minimum atomic E-state index is -0.835. The van der Waals surface area contributed by atoms with Crippen molar-refractivity contribution in [3.8, 4) is 0 Å². The fourth-order valence-electron chi connectivity index (χ4n) is 2.28. The van der Waals surface area contributed by atoms with Crippen molar-refractivity contribution < 1.29 is 14.7 Å². The van der Waals surface area contributed by atoms with Gasteiger partial charge in [-0.1, -0.05) is 0 Å². The second-order valence-corrected chi connectivity index (χ2v) is 6.91. The van der Waals surface area contributed by atoms with Crippen LogP contribution in [-0.4, -0.2) is 34.5 Å². The summed E-state index contributed by atoms with van der Waals surface area (Å²) < 4.78 is 1.01. The normalized spacial score (nSPS) is 19.2. The largest absolute Gasteiger partial charge is 0.481 e. The van der Waals surface area contributed by atoms with Crippen LogP contribution in [0.3, 0.4) is 0 Å². The van der Waals surface area contributed by atoms with Gasteiger partial charge < -0.3 is 10.0 Å². The molecule has 1 atom stereocenters. The first kappa shape index (κ1) is 13.5. The summed E-state index contributed by atoms with van der Waals surface area (Å²) >= 11 is 4.91. The lowest BCUT2D eigenvalue weighted by Crippen LogP contribution is -2.37. The lowest BCUT2D eigenvalue weighted by atomic mass is 10.1. The maximum Gasteiger partial charge on any atom is 0.305 e. The Morgan fingerprint density at radius 1 is 1.50 bits per heavy atom. The first-order chi connectivity index (χ1) is 8.56. The van der Waals surface area contributed by atoms with E-state index < -0.39 is 5.97 Å². The number of carboxylic acids is 1. The van der Waals surface area contributed by atoms with Crippen LogP contribution in [0.25, 0.3) is 0 Å². The van der Waals surface area contributed by atoms with Crippen LogP contribution in [0.15, 0.2) is 15.9 Å². The topological polar surface area (TPSA) is 57.6 Å². The predicted molar refractivity (Wildman–Crippen MR) is 72.7 cm³/mol. The van der Waals surface area contributed by atoms with Crippen molar-refractivity contribution in [2.45, 2.75) is 31.7 Å². The Balaban J connectivity index is 1.97. The van der Waals surface area contributed by atoms with Gasteiger partial charge in [-0.25, -0.2) is 0 Å². The van der Waals surface area contributed by atoms with E-state index >= 15 is 0 Å². The number of aliphatic carboxylic acids is 1. The number of carboxylic acid groups (broad SMARTS) is 1. The molecule has 6 heteroatoms. The summed E-state index contributed by atoms with van der Waals surface area (Å²) in [5, 5.41) is 8.82. The van der Waals surface area contributed by atoms with E-state index in [1.807, 2.05) is 12.1 Å². The van der Waals surface area contributed by atoms with Crippen LogP contribution in [0.4, 0.5) is 0 Å². The summed E-state index contributed by atoms with van der Waals surface area (Å²) in [5.74, 6) is -0.799. The Bertz CT molecular complexity index is 460. The zero-order valence-corrected chi connectivity index (χ0v) is 12.2. The number of thiophene rings is 1. The SMILES string of the molecule is O=C(O)CC1CCCN1C(=O)Cc1ccc(Br)s1. The molecule has 0 aromatic carbocycles. The van der Waals surface area contributed by atoms with Gasteiger partial charge >= 0.3 is 5.97 Å². The first-order valence-corrected chi connectivity index (χ1v) is 7.42. The molecule has 0 saturated carbocycles. The van der Waals surface area contributed by atoms with Gasteiger partial charge in [-0.05, 0) is 40.9 Å². The van der Waals surface area contributed by atoms with Crippen LogP contribution in [0.5, 0.6) is 0 Å². The van der Waals surface area contributed by atoms with Gasteiger partial charge in [-0.15, -0.1) is 11.3 Å². The second-order valence-electron chi connectivity index (χ2n) is 4.36. The van der Waals surface area contributed by atoms with Crippen molar-refractivity contribution in [2.75, 3.05) is 6.54 Å². The number of halogens is 1. The van der Waals surface area contributed by atoms with Crippen molar-refractivity contribution in [3.05, 3.63) is 20.8 Å². The second kappa shape index (κ2) is 5.84. The van der Waals surface area contributed by atoms with Gasteiger partial charge in [0.05, 0.1) is 16.6 Å². The number of rotatable bonds is 4. The van der Waals surface area contributed by atoms with Crippen LogP contribution < -0.4 is 0 Å². The Hall–Kier alpha value is -0.880. The third-order valence-corrected chi connectivity index (χ3v) is 4.69. The van der Waals surface area contributed by atoms with Gasteiger partial charge in [-0.2, -0.15) is 0 Å². The van der Waals surface area contributed by atoms with E-state index in [-0.39, 0.29) is 18.4 Å². The van der Waals surface area contributed by atoms with Gasteiger partial charge in [0.2, 0.25) is 5.91 Å². The first-order valence-electron chi connectivity index (χ1n) is 5.81. The fourth-order valence-corrected chi connectivity index (χ4v) is 3.75. The molecular weight excluding hydrogens is 318 g/mol. The van der Waals surface area contributed by atoms with E-state index in [0.29, 0.717) is 13.0 Å². The molecule has 2 heterocycles. The van der Waals surface area contributed by atoms with Gasteiger partial charge in [-0.3, -0.25) is 9.59 Å². The third-order valence-electron chi connectivity index (χ3n) is 3.06. The molecule has 2 rings (SSSR count). The summed E-state index contributed by atoms with van der Waals surface area (Å²) in [6.07, 6.45) is 2.12. The molecule has 1 saturated heterocycles. The summed E-state index contributed by atoms with van der Waals surface area (Å²) in [6, 6.07) is 3.72. The number of amides is 1. The van der Waals surface area contributed by atoms with Crippen molar-refractivity contribution >= 4 is 39.1 Å². The van der Waals surface area contributed by atoms with Crippen LogP contribution in [0.2, 0.25) is 0 Å². The number of hydrogen-bond donors (Lipinski definition) is 1. The lowest BCUT2D eigenvalue weighted by molar-refractivity contribution is -0.139. The molecular formula is C12H14BrNO3S. The smallest absolute Gasteiger partial charge is 0.305 e. The molecule has 1 aromatic heterocycles. The highest BCUT2D eigenvalue weighted by Gasteiger charge is 2.30. The molecule has 1 unspecified atom stereocenters. The van der Waals surface area contributed by atoms with Gasteiger partial charge in [0.15, 0.2) is 0 Å². The molecule has 1 aliphatic rings. The van der Waals surface area contributed by atoms with Gasteiger partial charge in [0.25, 0.3) is 0 Å². The maximum absolute atomic E-state index is 12.1. The molecule has 0 aliphatic carbocycles. The fraction of sp³-hybridized carbons (Fsp3) is 0.500. The van der Waals surface area contributed by atoms with Crippen molar-refractivity contribution in [3.63, 3.8) is 0 Å². The molecule has 18 heavy (non-hydrogen) atoms. The predicted octanol–water partition coefficient (Wildman–Crippen LogP) is 2.52. The average molecular weight is 332 g/mol. The molecule has 1 amide bonds. The zero-order valence-electron chi connectivity index (χ0n) is 9.76. The summed E-state index contributed by atoms with van der Waals surface area (Å²) in [4.78, 5) is 25.6. The van der Waals surface area contributed by atoms with Gasteiger partial charge in [0.1, 0.15) is 0 Å². The van der Waals surface area contributed by atoms with E-state index in [1.165, 1.54) is 0 Å². The summed E-state index contributed by atoms with van der Waals surface area (Å²) in [5.41, 5.74) is 0. The van der Waals surface area contributed by atoms with Gasteiger partial charge in [0, 0.05) is 17.5 Å². The number of nitrogens with zero attached hydrogens (tertiary/aromatic N) is 1. The lowest BCUT2D eigenvalue weighted by Gasteiger charge is -2.23. The Kier molecular flexibility index (Phi) is 4.40. The monoisotopic (exact) mass is 331 g/mol. The molecule has 0 bridgehead atoms. The quantitative estimate of drug-likeness (QED) is 0.922. The zero-order chi connectivity index (χ0) is 13.1. The highest BCUT2D eigenvalue weighted by atomic mass is 79.9. The molecule has 1 N–H and O–H groups in total. The highest BCUT2D eigenvalue weighted by molar-refractivity contribution is 9.11. The third kappa shape index (κ3) is 3.32. The maximum atomic E-state index is 12.1. The van der Waals surface area contributed by atoms with Crippen LogP contribution >= 0.6 is 27.3 Å². The average Bonchev–Trinajstić information content (AvgIpc) is 2.87. The van der Waals surface area contributed by atoms with E-state index in [4.69, 9.17) is 5.11 Å². The van der Waals surface area contributed by atoms with Crippen molar-refractivity contribution in [1.82, 2.24) is 4.90 Å². The number of carbonyl (C=O) groups is 2. The number of hydrogen-bond acceptors (Lipinski definition) is 3. The van der Waals surface area contributed by atoms with E-state index in [1.54, 1.807) is 16.2 Å². The summed E-state index contributed by atoms with van der Waals surface area (Å²) in [6.45, 7) is 0.684. The number of likely N-dealkylation sites (tertiary alicyclic amines) is 1. The van der Waals surface area contributed by atoms with Crippen molar-refractivity contribution in [1.29, 1.82) is 0 Å². The molecule has 4 nitrogen and oxygen atoms in total. The molecule has 1 aromatic rings. The van der Waals surface area contributed by atoms with E-state index in [9.17, 15) is 9.59 Å². The number of carbonyl (C=O) groups excluding carboxylic acids is 1.